The Kier molecular flexibility index (Phi) is 11.4. The normalized spacial score (nSPS) is 11.0. The molecule has 1 heterocycles. The molecule has 0 atom stereocenters. The number of benzene rings is 2. The van der Waals surface area contributed by atoms with E-state index in [2.05, 4.69) is 0 Å². The minimum Gasteiger partial charge on any atom is -0.507 e. The summed E-state index contributed by atoms with van der Waals surface area (Å²) in [6.07, 6.45) is 4.27. The van der Waals surface area contributed by atoms with E-state index in [-0.39, 0.29) is 90.0 Å². The molecule has 0 fully saturated rings. The fourth-order valence-corrected chi connectivity index (χ4v) is 4.45. The smallest absolute Gasteiger partial charge is 0.204 e. The Morgan fingerprint density at radius 1 is 0.762 bits per heavy atom. The molecule has 10 heteroatoms. The van der Waals surface area contributed by atoms with Gasteiger partial charge in [0.05, 0.1) is 12.0 Å². The summed E-state index contributed by atoms with van der Waals surface area (Å²) in [5.74, 6) is -0.580. The second-order valence-corrected chi connectivity index (χ2v) is 10.4. The number of aliphatic hydroxyl groups is 1. The first-order chi connectivity index (χ1) is 20.0. The zero-order valence-corrected chi connectivity index (χ0v) is 24.9. The van der Waals surface area contributed by atoms with Crippen LogP contribution in [0.2, 0.25) is 0 Å². The molecular formula is C32H38O10. The second kappa shape index (κ2) is 14.8. The lowest BCUT2D eigenvalue weighted by Gasteiger charge is -2.18. The van der Waals surface area contributed by atoms with Gasteiger partial charge in [0.25, 0.3) is 0 Å². The second-order valence-electron chi connectivity index (χ2n) is 10.4. The molecule has 0 aliphatic carbocycles. The van der Waals surface area contributed by atoms with E-state index < -0.39 is 12.0 Å². The van der Waals surface area contributed by atoms with Crippen LogP contribution in [0.25, 0.3) is 21.9 Å². The van der Waals surface area contributed by atoms with E-state index in [1.807, 2.05) is 39.8 Å². The number of hydrogen-bond donors (Lipinski definition) is 2. The van der Waals surface area contributed by atoms with Crippen molar-refractivity contribution in [2.45, 2.75) is 47.1 Å². The van der Waals surface area contributed by atoms with Crippen molar-refractivity contribution >= 4 is 33.5 Å². The van der Waals surface area contributed by atoms with E-state index in [1.54, 1.807) is 0 Å². The van der Waals surface area contributed by atoms with Gasteiger partial charge in [-0.25, -0.2) is 0 Å². The number of phenols is 1. The van der Waals surface area contributed by atoms with Crippen LogP contribution in [-0.4, -0.2) is 62.4 Å². The number of phenolic OH excluding ortho intramolecular Hbond substituents is 1. The summed E-state index contributed by atoms with van der Waals surface area (Å²) >= 11 is 0. The van der Waals surface area contributed by atoms with Crippen molar-refractivity contribution in [3.05, 3.63) is 62.3 Å². The summed E-state index contributed by atoms with van der Waals surface area (Å²) in [5.41, 5.74) is 2.74. The average Bonchev–Trinajstić information content (AvgIpc) is 2.92. The van der Waals surface area contributed by atoms with Gasteiger partial charge in [-0.3, -0.25) is 14.4 Å². The Morgan fingerprint density at radius 3 is 1.71 bits per heavy atom. The molecule has 0 radical (unpaired) electrons. The van der Waals surface area contributed by atoms with Crippen molar-refractivity contribution in [2.75, 3.05) is 40.6 Å². The molecule has 1 aromatic heterocycles. The number of carbonyl (C=O) groups is 2. The largest absolute Gasteiger partial charge is 0.507 e. The first-order valence-electron chi connectivity index (χ1n) is 13.5. The van der Waals surface area contributed by atoms with Crippen LogP contribution in [0.15, 0.2) is 44.6 Å². The van der Waals surface area contributed by atoms with Gasteiger partial charge in [-0.1, -0.05) is 23.3 Å². The summed E-state index contributed by atoms with van der Waals surface area (Å²) in [5, 5.41) is 21.9. The van der Waals surface area contributed by atoms with Crippen LogP contribution < -0.4 is 14.9 Å². The van der Waals surface area contributed by atoms with Crippen molar-refractivity contribution in [3.8, 4) is 17.2 Å². The minimum absolute atomic E-state index is 0.0338. The Morgan fingerprint density at radius 2 is 1.24 bits per heavy atom. The fourth-order valence-electron chi connectivity index (χ4n) is 4.45. The highest BCUT2D eigenvalue weighted by atomic mass is 16.5. The molecule has 226 valence electrons. The van der Waals surface area contributed by atoms with Crippen molar-refractivity contribution in [1.82, 2.24) is 0 Å². The molecule has 0 unspecified atom stereocenters. The molecule has 2 N–H and O–H groups in total. The Bertz CT molecular complexity index is 1590. The first-order valence-corrected chi connectivity index (χ1v) is 13.5. The molecule has 0 saturated carbocycles. The monoisotopic (exact) mass is 582 g/mol. The lowest BCUT2D eigenvalue weighted by atomic mass is 9.95. The van der Waals surface area contributed by atoms with Gasteiger partial charge in [0.15, 0.2) is 11.6 Å². The van der Waals surface area contributed by atoms with E-state index >= 15 is 0 Å². The number of allylic oxidation sites excluding steroid dienone is 4. The number of rotatable bonds is 15. The summed E-state index contributed by atoms with van der Waals surface area (Å²) in [4.78, 5) is 38.3. The summed E-state index contributed by atoms with van der Waals surface area (Å²) < 4.78 is 27.4. The minimum atomic E-state index is -0.502. The van der Waals surface area contributed by atoms with Crippen LogP contribution >= 0.6 is 0 Å². The third-order valence-electron chi connectivity index (χ3n) is 6.45. The molecule has 0 saturated heterocycles. The van der Waals surface area contributed by atoms with Crippen molar-refractivity contribution in [3.63, 3.8) is 0 Å². The standard InChI is InChI=1S/C32H38O10/c1-18(2)7-9-22-24(13-33)26(41-17-21(35)15-39-6)12-27-29(22)32(37)30-28(42-27)11-25(40-16-20(34)14-38-5)23(31(30)36)10-8-19(3)4/h7-8,11-12,33,36H,9-10,13-17H2,1-6H3. The molecular weight excluding hydrogens is 544 g/mol. The molecule has 3 aromatic rings. The number of ether oxygens (including phenoxy) is 4. The summed E-state index contributed by atoms with van der Waals surface area (Å²) in [7, 11) is 2.80. The molecule has 0 spiro atoms. The van der Waals surface area contributed by atoms with Crippen LogP contribution in [-0.2, 0) is 38.5 Å². The third-order valence-corrected chi connectivity index (χ3v) is 6.45. The summed E-state index contributed by atoms with van der Waals surface area (Å²) in [6.45, 7) is 6.25. The van der Waals surface area contributed by atoms with Crippen LogP contribution in [0.1, 0.15) is 44.4 Å². The van der Waals surface area contributed by atoms with Crippen LogP contribution in [0.3, 0.4) is 0 Å². The lowest BCUT2D eigenvalue weighted by Crippen LogP contribution is -2.18. The zero-order valence-electron chi connectivity index (χ0n) is 24.9. The Balaban J connectivity index is 2.35. The molecule has 42 heavy (non-hydrogen) atoms. The number of fused-ring (bicyclic) bond motifs is 2. The highest BCUT2D eigenvalue weighted by molar-refractivity contribution is 5.97. The van der Waals surface area contributed by atoms with Gasteiger partial charge < -0.3 is 33.6 Å². The molecule has 2 aromatic carbocycles. The molecule has 10 nitrogen and oxygen atoms in total. The van der Waals surface area contributed by atoms with Gasteiger partial charge >= 0.3 is 0 Å². The van der Waals surface area contributed by atoms with Gasteiger partial charge in [-0.15, -0.1) is 0 Å². The predicted octanol–water partition coefficient (Wildman–Crippen LogP) is 4.35. The van der Waals surface area contributed by atoms with E-state index in [4.69, 9.17) is 23.4 Å². The topological polar surface area (TPSA) is 142 Å². The van der Waals surface area contributed by atoms with Gasteiger partial charge in [-0.2, -0.15) is 0 Å². The maximum atomic E-state index is 14.1. The van der Waals surface area contributed by atoms with Gasteiger partial charge in [0.2, 0.25) is 5.43 Å². The van der Waals surface area contributed by atoms with E-state index in [1.165, 1.54) is 26.4 Å². The number of methoxy groups -OCH3 is 2. The van der Waals surface area contributed by atoms with Gasteiger partial charge in [0, 0.05) is 37.5 Å². The molecule has 0 amide bonds. The highest BCUT2D eigenvalue weighted by Gasteiger charge is 2.24. The van der Waals surface area contributed by atoms with E-state index in [0.29, 0.717) is 16.7 Å². The maximum absolute atomic E-state index is 14.1. The molecule has 3 rings (SSSR count). The highest BCUT2D eigenvalue weighted by Crippen LogP contribution is 2.39. The van der Waals surface area contributed by atoms with Gasteiger partial charge in [-0.05, 0) is 46.1 Å². The number of carbonyl (C=O) groups excluding carboxylic acids is 2. The number of aromatic hydroxyl groups is 1. The number of aliphatic hydroxyl groups excluding tert-OH is 1. The van der Waals surface area contributed by atoms with Crippen LogP contribution in [0.5, 0.6) is 17.2 Å². The van der Waals surface area contributed by atoms with Gasteiger partial charge in [0.1, 0.15) is 60.2 Å². The van der Waals surface area contributed by atoms with E-state index in [0.717, 1.165) is 11.1 Å². The quantitative estimate of drug-likeness (QED) is 0.196. The molecule has 0 aliphatic rings. The summed E-state index contributed by atoms with van der Waals surface area (Å²) in [6, 6.07) is 2.92. The van der Waals surface area contributed by atoms with Crippen molar-refractivity contribution in [2.24, 2.45) is 0 Å². The van der Waals surface area contributed by atoms with Crippen molar-refractivity contribution < 1.29 is 43.2 Å². The molecule has 0 aliphatic heterocycles. The third kappa shape index (κ3) is 7.64. The zero-order chi connectivity index (χ0) is 31.0. The SMILES string of the molecule is COCC(=O)COc1cc2oc3cc(OCC(=O)COC)c(CO)c(CC=C(C)C)c3c(=O)c2c(O)c1CC=C(C)C. The number of hydrogen-bond acceptors (Lipinski definition) is 10. The first kappa shape index (κ1) is 32.5. The molecule has 0 bridgehead atoms. The van der Waals surface area contributed by atoms with Crippen LogP contribution in [0, 0.1) is 0 Å². The van der Waals surface area contributed by atoms with Crippen molar-refractivity contribution in [1.29, 1.82) is 0 Å². The van der Waals surface area contributed by atoms with E-state index in [9.17, 15) is 24.6 Å². The maximum Gasteiger partial charge on any atom is 0.204 e. The predicted molar refractivity (Wildman–Crippen MR) is 159 cm³/mol. The lowest BCUT2D eigenvalue weighted by molar-refractivity contribution is -0.125. The average molecular weight is 583 g/mol. The Labute approximate surface area is 244 Å². The fraction of sp³-hybridized carbons (Fsp3) is 0.406. The van der Waals surface area contributed by atoms with Crippen LogP contribution in [0.4, 0.5) is 0 Å². The number of Topliss-reactive ketones (excluding diaryl/α,β-unsaturated/α-hetero) is 2. The number of ketones is 2. The Hall–Kier alpha value is -3.99.